The molecule has 66 valence electrons. The van der Waals surface area contributed by atoms with E-state index < -0.39 is 0 Å². The third kappa shape index (κ3) is 5.22. The molecule has 0 bridgehead atoms. The zero-order valence-electron chi connectivity index (χ0n) is 7.43. The quantitative estimate of drug-likeness (QED) is 0.597. The van der Waals surface area contributed by atoms with Gasteiger partial charge in [0.15, 0.2) is 0 Å². The Labute approximate surface area is 73.5 Å². The van der Waals surface area contributed by atoms with Crippen molar-refractivity contribution in [3.05, 3.63) is 0 Å². The van der Waals surface area contributed by atoms with E-state index in [1.165, 1.54) is 0 Å². The van der Waals surface area contributed by atoms with Gasteiger partial charge in [-0.05, 0) is 45.1 Å². The van der Waals surface area contributed by atoms with Crippen molar-refractivity contribution in [2.75, 3.05) is 20.6 Å². The van der Waals surface area contributed by atoms with Gasteiger partial charge in [-0.15, -0.1) is 0 Å². The minimum Gasteiger partial charge on any atom is -0.309 e. The summed E-state index contributed by atoms with van der Waals surface area (Å²) in [6.45, 7) is 2.91. The molecule has 0 aromatic rings. The van der Waals surface area contributed by atoms with Crippen LogP contribution in [0.15, 0.2) is 0 Å². The second-order valence-electron chi connectivity index (χ2n) is 3.00. The number of hydrogen-bond donors (Lipinski definition) is 0. The number of rotatable bonds is 5. The fourth-order valence-corrected chi connectivity index (χ4v) is 1.16. The highest BCUT2D eigenvalue weighted by atomic mass is 35.5. The number of halogens is 1. The van der Waals surface area contributed by atoms with Crippen molar-refractivity contribution < 1.29 is 4.79 Å². The molecule has 1 atom stereocenters. The van der Waals surface area contributed by atoms with Gasteiger partial charge >= 0.3 is 0 Å². The van der Waals surface area contributed by atoms with Gasteiger partial charge in [-0.2, -0.15) is 0 Å². The van der Waals surface area contributed by atoms with Crippen molar-refractivity contribution in [3.63, 3.8) is 0 Å². The first-order valence-corrected chi connectivity index (χ1v) is 4.29. The molecule has 0 aliphatic heterocycles. The fraction of sp³-hybridized carbons (Fsp3) is 0.875. The molecule has 3 heteroatoms. The minimum absolute atomic E-state index is 0.0408. The molecule has 0 saturated carbocycles. The Morgan fingerprint density at radius 2 is 2.09 bits per heavy atom. The van der Waals surface area contributed by atoms with Crippen molar-refractivity contribution in [2.24, 2.45) is 5.92 Å². The van der Waals surface area contributed by atoms with Crippen molar-refractivity contribution in [2.45, 2.75) is 19.8 Å². The molecule has 0 amide bonds. The first-order chi connectivity index (χ1) is 5.07. The van der Waals surface area contributed by atoms with E-state index in [1.807, 2.05) is 21.0 Å². The standard InChI is InChI=1S/C8H16ClNO/c1-4-7(8(9)11)5-6-10(2)3/h7H,4-6H2,1-3H3. The predicted molar refractivity (Wildman–Crippen MR) is 47.8 cm³/mol. The van der Waals surface area contributed by atoms with E-state index in [4.69, 9.17) is 11.6 Å². The summed E-state index contributed by atoms with van der Waals surface area (Å²) in [6.07, 6.45) is 1.71. The maximum Gasteiger partial charge on any atom is 0.224 e. The van der Waals surface area contributed by atoms with Crippen molar-refractivity contribution in [3.8, 4) is 0 Å². The van der Waals surface area contributed by atoms with E-state index in [-0.39, 0.29) is 11.2 Å². The van der Waals surface area contributed by atoms with E-state index in [0.717, 1.165) is 19.4 Å². The lowest BCUT2D eigenvalue weighted by Gasteiger charge is -2.13. The average Bonchev–Trinajstić information content (AvgIpc) is 1.87. The van der Waals surface area contributed by atoms with Crippen LogP contribution in [0.1, 0.15) is 19.8 Å². The van der Waals surface area contributed by atoms with Crippen LogP contribution < -0.4 is 0 Å². The zero-order chi connectivity index (χ0) is 8.85. The molecule has 0 heterocycles. The smallest absolute Gasteiger partial charge is 0.224 e. The van der Waals surface area contributed by atoms with Gasteiger partial charge in [0.25, 0.3) is 0 Å². The summed E-state index contributed by atoms with van der Waals surface area (Å²) in [5.41, 5.74) is 0. The molecular formula is C8H16ClNO. The number of carbonyl (C=O) groups is 1. The molecule has 0 fully saturated rings. The topological polar surface area (TPSA) is 20.3 Å². The van der Waals surface area contributed by atoms with Crippen LogP contribution in [-0.4, -0.2) is 30.8 Å². The van der Waals surface area contributed by atoms with Gasteiger partial charge in [0.05, 0.1) is 0 Å². The normalized spacial score (nSPS) is 13.5. The van der Waals surface area contributed by atoms with Crippen LogP contribution >= 0.6 is 11.6 Å². The van der Waals surface area contributed by atoms with E-state index in [9.17, 15) is 4.79 Å². The van der Waals surface area contributed by atoms with E-state index in [0.29, 0.717) is 0 Å². The number of carbonyl (C=O) groups excluding carboxylic acids is 1. The van der Waals surface area contributed by atoms with Crippen molar-refractivity contribution in [1.82, 2.24) is 4.90 Å². The third-order valence-electron chi connectivity index (χ3n) is 1.74. The average molecular weight is 178 g/mol. The van der Waals surface area contributed by atoms with Gasteiger partial charge in [-0.25, -0.2) is 0 Å². The minimum atomic E-state index is -0.200. The van der Waals surface area contributed by atoms with Gasteiger partial charge in [0.2, 0.25) is 5.24 Å². The van der Waals surface area contributed by atoms with Crippen LogP contribution in [0.25, 0.3) is 0 Å². The predicted octanol–water partition coefficient (Wildman–Crippen LogP) is 1.73. The van der Waals surface area contributed by atoms with Crippen LogP contribution in [-0.2, 0) is 4.79 Å². The summed E-state index contributed by atoms with van der Waals surface area (Å²) in [5, 5.41) is -0.200. The number of nitrogens with zero attached hydrogens (tertiary/aromatic N) is 1. The van der Waals surface area contributed by atoms with E-state index in [2.05, 4.69) is 4.90 Å². The second kappa shape index (κ2) is 5.56. The first-order valence-electron chi connectivity index (χ1n) is 3.92. The largest absolute Gasteiger partial charge is 0.309 e. The molecule has 11 heavy (non-hydrogen) atoms. The highest BCUT2D eigenvalue weighted by Crippen LogP contribution is 2.11. The lowest BCUT2D eigenvalue weighted by atomic mass is 10.0. The third-order valence-corrected chi connectivity index (χ3v) is 2.05. The second-order valence-corrected chi connectivity index (χ2v) is 3.37. The van der Waals surface area contributed by atoms with Crippen LogP contribution in [0.2, 0.25) is 0 Å². The molecule has 0 radical (unpaired) electrons. The molecule has 0 aliphatic rings. The Morgan fingerprint density at radius 1 is 1.55 bits per heavy atom. The summed E-state index contributed by atoms with van der Waals surface area (Å²) < 4.78 is 0. The van der Waals surface area contributed by atoms with Gasteiger partial charge in [0, 0.05) is 5.92 Å². The Bertz CT molecular complexity index is 125. The molecule has 0 spiro atoms. The molecular weight excluding hydrogens is 162 g/mol. The maximum atomic E-state index is 10.7. The Balaban J connectivity index is 3.61. The lowest BCUT2D eigenvalue weighted by molar-refractivity contribution is -0.115. The fourth-order valence-electron chi connectivity index (χ4n) is 0.892. The molecule has 2 nitrogen and oxygen atoms in total. The molecule has 1 unspecified atom stereocenters. The Kier molecular flexibility index (Phi) is 5.51. The first kappa shape index (κ1) is 10.9. The Morgan fingerprint density at radius 3 is 2.36 bits per heavy atom. The van der Waals surface area contributed by atoms with Gasteiger partial charge in [-0.3, -0.25) is 4.79 Å². The lowest BCUT2D eigenvalue weighted by Crippen LogP contribution is -2.19. The monoisotopic (exact) mass is 177 g/mol. The van der Waals surface area contributed by atoms with E-state index in [1.54, 1.807) is 0 Å². The SMILES string of the molecule is CCC(CCN(C)C)C(=O)Cl. The van der Waals surface area contributed by atoms with Gasteiger partial charge < -0.3 is 4.90 Å². The summed E-state index contributed by atoms with van der Waals surface area (Å²) in [4.78, 5) is 12.8. The molecule has 0 aromatic heterocycles. The number of hydrogen-bond acceptors (Lipinski definition) is 2. The summed E-state index contributed by atoms with van der Waals surface area (Å²) in [6, 6.07) is 0. The zero-order valence-corrected chi connectivity index (χ0v) is 8.19. The summed E-state index contributed by atoms with van der Waals surface area (Å²) in [7, 11) is 3.98. The molecule has 0 saturated heterocycles. The summed E-state index contributed by atoms with van der Waals surface area (Å²) in [5.74, 6) is 0.0408. The van der Waals surface area contributed by atoms with Crippen LogP contribution in [0.5, 0.6) is 0 Å². The Hall–Kier alpha value is -0.0800. The molecule has 0 aliphatic carbocycles. The highest BCUT2D eigenvalue weighted by molar-refractivity contribution is 6.63. The van der Waals surface area contributed by atoms with Crippen molar-refractivity contribution >= 4 is 16.8 Å². The van der Waals surface area contributed by atoms with Gasteiger partial charge in [0.1, 0.15) is 0 Å². The molecule has 0 N–H and O–H groups in total. The van der Waals surface area contributed by atoms with Crippen LogP contribution in [0.4, 0.5) is 0 Å². The van der Waals surface area contributed by atoms with Gasteiger partial charge in [-0.1, -0.05) is 6.92 Å². The van der Waals surface area contributed by atoms with Crippen LogP contribution in [0.3, 0.4) is 0 Å². The van der Waals surface area contributed by atoms with Crippen molar-refractivity contribution in [1.29, 1.82) is 0 Å². The molecule has 0 rings (SSSR count). The van der Waals surface area contributed by atoms with Crippen LogP contribution in [0, 0.1) is 5.92 Å². The maximum absolute atomic E-state index is 10.7. The van der Waals surface area contributed by atoms with E-state index >= 15 is 0 Å². The summed E-state index contributed by atoms with van der Waals surface area (Å²) >= 11 is 5.37. The highest BCUT2D eigenvalue weighted by Gasteiger charge is 2.13. The molecule has 0 aromatic carbocycles.